The summed E-state index contributed by atoms with van der Waals surface area (Å²) in [6, 6.07) is 10.6. The molecule has 1 heterocycles. The Morgan fingerprint density at radius 2 is 1.81 bits per heavy atom. The summed E-state index contributed by atoms with van der Waals surface area (Å²) in [6.07, 6.45) is 6.10. The summed E-state index contributed by atoms with van der Waals surface area (Å²) in [4.78, 5) is 27.3. The fraction of sp³-hybridized carbons (Fsp3) is 0.231. The van der Waals surface area contributed by atoms with Gasteiger partial charge in [0.2, 0.25) is 0 Å². The van der Waals surface area contributed by atoms with Crippen molar-refractivity contribution in [1.29, 1.82) is 0 Å². The van der Waals surface area contributed by atoms with Crippen molar-refractivity contribution in [2.45, 2.75) is 13.0 Å². The highest BCUT2D eigenvalue weighted by molar-refractivity contribution is 6.03. The van der Waals surface area contributed by atoms with E-state index >= 15 is 0 Å². The maximum atomic E-state index is 12.1. The fourth-order valence-corrected chi connectivity index (χ4v) is 4.03. The van der Waals surface area contributed by atoms with Gasteiger partial charge in [0, 0.05) is 59.8 Å². The van der Waals surface area contributed by atoms with Crippen LogP contribution in [0.3, 0.4) is 0 Å². The number of rotatable bonds is 5. The first-order valence-corrected chi connectivity index (χ1v) is 10.5. The van der Waals surface area contributed by atoms with Crippen LogP contribution >= 0.6 is 0 Å². The highest BCUT2D eigenvalue weighted by atomic mass is 16.5. The number of ether oxygens (including phenoxy) is 1. The van der Waals surface area contributed by atoms with E-state index in [1.54, 1.807) is 6.07 Å². The standard InChI is InChI=1S/C26H26N2O4/c1-15(29)16-6-9-19(26(30)31)22(12-16)25-20-10-7-17(27(2)3)13-23(20)32-24-14-18(28(4)5)8-11-21(24)25/h6-14,17H,1-5H3,(H,30,31). The number of anilines is 1. The molecule has 1 aliphatic carbocycles. The zero-order valence-corrected chi connectivity index (χ0v) is 18.9. The number of nitrogens with zero attached hydrogens (tertiary/aromatic N) is 1. The van der Waals surface area contributed by atoms with Crippen molar-refractivity contribution in [2.24, 2.45) is 0 Å². The fourth-order valence-electron chi connectivity index (χ4n) is 4.03. The number of carboxylic acids is 1. The molecule has 4 rings (SSSR count). The second-order valence-electron chi connectivity index (χ2n) is 8.56. The van der Waals surface area contributed by atoms with Gasteiger partial charge in [-0.25, -0.2) is 0 Å². The molecule has 6 heteroatoms. The van der Waals surface area contributed by atoms with Gasteiger partial charge in [0.25, 0.3) is 0 Å². The second-order valence-corrected chi connectivity index (χ2v) is 8.56. The third-order valence-electron chi connectivity index (χ3n) is 5.89. The first-order chi connectivity index (χ1) is 15.2. The number of Topliss-reactive ketones (excluding diaryl/α,β-unsaturated/α-hetero) is 1. The molecule has 0 radical (unpaired) electrons. The molecular weight excluding hydrogens is 404 g/mol. The minimum Gasteiger partial charge on any atom is -0.545 e. The Balaban J connectivity index is 2.04. The Labute approximate surface area is 187 Å². The molecule has 2 aromatic carbocycles. The number of nitrogens with one attached hydrogen (secondary N) is 1. The van der Waals surface area contributed by atoms with Gasteiger partial charge in [-0.2, -0.15) is 0 Å². The minimum atomic E-state index is -1.29. The molecule has 1 unspecified atom stereocenters. The molecule has 0 bridgehead atoms. The Bertz CT molecular complexity index is 1220. The van der Waals surface area contributed by atoms with Gasteiger partial charge in [-0.15, -0.1) is 0 Å². The van der Waals surface area contributed by atoms with Crippen LogP contribution < -0.4 is 19.6 Å². The van der Waals surface area contributed by atoms with Crippen LogP contribution in [0, 0.1) is 0 Å². The van der Waals surface area contributed by atoms with E-state index in [1.165, 1.54) is 24.0 Å². The van der Waals surface area contributed by atoms with Crippen LogP contribution in [0.2, 0.25) is 0 Å². The van der Waals surface area contributed by atoms with E-state index < -0.39 is 5.97 Å². The topological polar surface area (TPSA) is 74.1 Å². The van der Waals surface area contributed by atoms with E-state index in [9.17, 15) is 14.7 Å². The average molecular weight is 431 g/mol. The number of quaternary nitrogens is 1. The molecular formula is C26H26N2O4. The SMILES string of the molecule is CC(=O)c1ccc(C(=O)[O-])c(C2=C3C=CC([NH+](C)C)C=C3Oc3cc(N(C)C)ccc32)c1. The largest absolute Gasteiger partial charge is 0.545 e. The molecule has 1 atom stereocenters. The maximum absolute atomic E-state index is 12.1. The number of hydrogen-bond acceptors (Lipinski definition) is 5. The number of benzene rings is 2. The predicted octanol–water partition coefficient (Wildman–Crippen LogP) is 1.48. The Kier molecular flexibility index (Phi) is 5.48. The van der Waals surface area contributed by atoms with Crippen molar-refractivity contribution < 1.29 is 24.3 Å². The number of hydrogen-bond donors (Lipinski definition) is 1. The molecule has 2 aromatic rings. The van der Waals surface area contributed by atoms with Crippen molar-refractivity contribution in [2.75, 3.05) is 33.1 Å². The first kappa shape index (κ1) is 21.6. The third kappa shape index (κ3) is 3.74. The summed E-state index contributed by atoms with van der Waals surface area (Å²) in [5.41, 5.74) is 4.16. The molecule has 1 aliphatic heterocycles. The molecule has 0 saturated carbocycles. The van der Waals surface area contributed by atoms with Gasteiger partial charge in [0.05, 0.1) is 20.1 Å². The van der Waals surface area contributed by atoms with E-state index in [2.05, 4.69) is 20.2 Å². The van der Waals surface area contributed by atoms with Crippen LogP contribution in [0.15, 0.2) is 66.0 Å². The smallest absolute Gasteiger partial charge is 0.159 e. The Morgan fingerprint density at radius 3 is 2.44 bits per heavy atom. The number of aromatic carboxylic acids is 1. The van der Waals surface area contributed by atoms with E-state index in [0.717, 1.165) is 16.8 Å². The van der Waals surface area contributed by atoms with E-state index in [4.69, 9.17) is 4.74 Å². The number of ketones is 1. The monoisotopic (exact) mass is 430 g/mol. The van der Waals surface area contributed by atoms with Crippen LogP contribution in [-0.4, -0.2) is 46.0 Å². The lowest BCUT2D eigenvalue weighted by Gasteiger charge is -2.30. The van der Waals surface area contributed by atoms with E-state index in [1.807, 2.05) is 49.3 Å². The summed E-state index contributed by atoms with van der Waals surface area (Å²) < 4.78 is 6.32. The van der Waals surface area contributed by atoms with Gasteiger partial charge >= 0.3 is 0 Å². The lowest BCUT2D eigenvalue weighted by atomic mass is 9.84. The van der Waals surface area contributed by atoms with Gasteiger partial charge in [-0.1, -0.05) is 12.1 Å². The van der Waals surface area contributed by atoms with Gasteiger partial charge in [-0.05, 0) is 42.8 Å². The van der Waals surface area contributed by atoms with E-state index in [0.29, 0.717) is 28.2 Å². The lowest BCUT2D eigenvalue weighted by molar-refractivity contribution is -0.871. The normalized spacial score (nSPS) is 16.8. The van der Waals surface area contributed by atoms with Crippen LogP contribution in [0.4, 0.5) is 5.69 Å². The number of likely N-dealkylation sites (N-methyl/N-ethyl adjacent to an activating group) is 1. The molecule has 0 aromatic heterocycles. The molecule has 1 N–H and O–H groups in total. The van der Waals surface area contributed by atoms with Gasteiger partial charge < -0.3 is 24.4 Å². The molecule has 0 spiro atoms. The number of carbonyl (C=O) groups is 2. The number of carbonyl (C=O) groups excluding carboxylic acids is 2. The molecule has 0 saturated heterocycles. The highest BCUT2D eigenvalue weighted by Crippen LogP contribution is 2.45. The Morgan fingerprint density at radius 1 is 1.06 bits per heavy atom. The summed E-state index contributed by atoms with van der Waals surface area (Å²) in [7, 11) is 8.02. The zero-order valence-electron chi connectivity index (χ0n) is 18.9. The van der Waals surface area contributed by atoms with Crippen LogP contribution in [0.25, 0.3) is 5.57 Å². The van der Waals surface area contributed by atoms with Crippen LogP contribution in [-0.2, 0) is 0 Å². The number of allylic oxidation sites excluding steroid dienone is 1. The molecule has 2 aliphatic rings. The maximum Gasteiger partial charge on any atom is 0.159 e. The summed E-state index contributed by atoms with van der Waals surface area (Å²) in [5, 5.41) is 12.0. The van der Waals surface area contributed by atoms with Gasteiger partial charge in [-0.3, -0.25) is 4.79 Å². The van der Waals surface area contributed by atoms with Crippen molar-refractivity contribution >= 4 is 23.0 Å². The number of fused-ring (bicyclic) bond motifs is 2. The Hall–Kier alpha value is -3.64. The summed E-state index contributed by atoms with van der Waals surface area (Å²) in [6.45, 7) is 1.47. The third-order valence-corrected chi connectivity index (χ3v) is 5.89. The second kappa shape index (κ2) is 8.13. The van der Waals surface area contributed by atoms with Crippen LogP contribution in [0.5, 0.6) is 5.75 Å². The highest BCUT2D eigenvalue weighted by Gasteiger charge is 2.30. The zero-order chi connectivity index (χ0) is 23.2. The molecule has 32 heavy (non-hydrogen) atoms. The predicted molar refractivity (Wildman–Crippen MR) is 122 cm³/mol. The molecule has 164 valence electrons. The lowest BCUT2D eigenvalue weighted by Crippen LogP contribution is -3.09. The van der Waals surface area contributed by atoms with E-state index in [-0.39, 0.29) is 17.4 Å². The van der Waals surface area contributed by atoms with Gasteiger partial charge in [0.1, 0.15) is 17.6 Å². The summed E-state index contributed by atoms with van der Waals surface area (Å²) >= 11 is 0. The summed E-state index contributed by atoms with van der Waals surface area (Å²) in [5.74, 6) is -0.110. The average Bonchev–Trinajstić information content (AvgIpc) is 2.75. The first-order valence-electron chi connectivity index (χ1n) is 10.5. The molecule has 6 nitrogen and oxygen atoms in total. The van der Waals surface area contributed by atoms with Crippen molar-refractivity contribution in [3.05, 3.63) is 88.2 Å². The number of carboxylic acid groups (broad SMARTS) is 1. The van der Waals surface area contributed by atoms with Crippen LogP contribution in [0.1, 0.15) is 38.8 Å². The van der Waals surface area contributed by atoms with Crippen molar-refractivity contribution in [3.8, 4) is 5.75 Å². The minimum absolute atomic E-state index is 0.0372. The molecule has 0 amide bonds. The van der Waals surface area contributed by atoms with Gasteiger partial charge in [0.15, 0.2) is 5.78 Å². The quantitative estimate of drug-likeness (QED) is 0.728. The molecule has 0 fully saturated rings. The van der Waals surface area contributed by atoms with Crippen molar-refractivity contribution in [3.63, 3.8) is 0 Å². The van der Waals surface area contributed by atoms with Crippen molar-refractivity contribution in [1.82, 2.24) is 0 Å².